The summed E-state index contributed by atoms with van der Waals surface area (Å²) in [7, 11) is 1.86. The molecule has 0 atom stereocenters. The van der Waals surface area contributed by atoms with Gasteiger partial charge >= 0.3 is 0 Å². The van der Waals surface area contributed by atoms with Crippen LogP contribution >= 0.6 is 11.6 Å². The summed E-state index contributed by atoms with van der Waals surface area (Å²) in [4.78, 5) is 19.9. The molecule has 178 valence electrons. The summed E-state index contributed by atoms with van der Waals surface area (Å²) in [6, 6.07) is 15.1. The van der Waals surface area contributed by atoms with E-state index in [1.165, 1.54) is 0 Å². The van der Waals surface area contributed by atoms with Crippen molar-refractivity contribution < 1.29 is 9.90 Å². The first-order valence-corrected chi connectivity index (χ1v) is 12.0. The fourth-order valence-corrected chi connectivity index (χ4v) is 4.93. The first-order valence-electron chi connectivity index (χ1n) is 11.6. The van der Waals surface area contributed by atoms with Gasteiger partial charge in [-0.15, -0.1) is 10.2 Å². The van der Waals surface area contributed by atoms with E-state index in [4.69, 9.17) is 16.6 Å². The number of hydrogen-bond acceptors (Lipinski definition) is 6. The molecule has 6 rings (SSSR count). The van der Waals surface area contributed by atoms with Gasteiger partial charge in [-0.05, 0) is 71.5 Å². The molecule has 0 radical (unpaired) electrons. The van der Waals surface area contributed by atoms with Crippen molar-refractivity contribution in [2.75, 3.05) is 4.90 Å². The second kappa shape index (κ2) is 8.55. The number of carbonyl (C=O) groups excluding carboxylic acids is 1. The van der Waals surface area contributed by atoms with Crippen molar-refractivity contribution >= 4 is 23.3 Å². The van der Waals surface area contributed by atoms with Crippen LogP contribution in [0.1, 0.15) is 51.5 Å². The van der Waals surface area contributed by atoms with Gasteiger partial charge in [0.25, 0.3) is 5.91 Å². The van der Waals surface area contributed by atoms with Gasteiger partial charge in [0.2, 0.25) is 0 Å². The van der Waals surface area contributed by atoms with E-state index in [1.807, 2.05) is 29.8 Å². The SMILES string of the molecule is Cn1cnnc1-c1cc(C#N)ccc1-c1cc(C2CC2)nc(N2Cc3cc(Cl)c(CO)cc3C2=O)c1. The van der Waals surface area contributed by atoms with Crippen LogP contribution in [0.25, 0.3) is 22.5 Å². The molecule has 1 aliphatic carbocycles. The van der Waals surface area contributed by atoms with E-state index in [-0.39, 0.29) is 12.5 Å². The summed E-state index contributed by atoms with van der Waals surface area (Å²) in [5, 5.41) is 27.8. The summed E-state index contributed by atoms with van der Waals surface area (Å²) < 4.78 is 1.81. The first-order chi connectivity index (χ1) is 17.5. The molecule has 0 saturated heterocycles. The number of pyridine rings is 1. The third-order valence-corrected chi connectivity index (χ3v) is 7.11. The molecule has 36 heavy (non-hydrogen) atoms. The van der Waals surface area contributed by atoms with Gasteiger partial charge in [-0.2, -0.15) is 5.26 Å². The van der Waals surface area contributed by atoms with Gasteiger partial charge in [-0.1, -0.05) is 17.7 Å². The predicted octanol–water partition coefficient (Wildman–Crippen LogP) is 4.60. The number of hydrogen-bond donors (Lipinski definition) is 1. The first kappa shape index (κ1) is 22.4. The number of anilines is 1. The second-order valence-electron chi connectivity index (χ2n) is 9.20. The maximum Gasteiger partial charge on any atom is 0.260 e. The number of aliphatic hydroxyl groups is 1. The Kier molecular flexibility index (Phi) is 5.32. The number of fused-ring (bicyclic) bond motifs is 1. The predicted molar refractivity (Wildman–Crippen MR) is 134 cm³/mol. The fraction of sp³-hybridized carbons (Fsp3) is 0.222. The third-order valence-electron chi connectivity index (χ3n) is 6.76. The number of nitriles is 1. The summed E-state index contributed by atoms with van der Waals surface area (Å²) in [5.41, 5.74) is 5.87. The van der Waals surface area contributed by atoms with Crippen LogP contribution in [0.2, 0.25) is 5.02 Å². The smallest absolute Gasteiger partial charge is 0.260 e. The average Bonchev–Trinajstić information content (AvgIpc) is 3.59. The van der Waals surface area contributed by atoms with Gasteiger partial charge < -0.3 is 9.67 Å². The molecule has 2 aromatic heterocycles. The number of amides is 1. The van der Waals surface area contributed by atoms with Crippen LogP contribution in [-0.2, 0) is 20.2 Å². The molecule has 3 heterocycles. The molecule has 9 heteroatoms. The highest BCUT2D eigenvalue weighted by atomic mass is 35.5. The molecule has 1 saturated carbocycles. The number of aromatic nitrogens is 4. The molecule has 2 aromatic carbocycles. The lowest BCUT2D eigenvalue weighted by molar-refractivity contribution is 0.0995. The number of carbonyl (C=O) groups is 1. The number of benzene rings is 2. The summed E-state index contributed by atoms with van der Waals surface area (Å²) >= 11 is 6.29. The summed E-state index contributed by atoms with van der Waals surface area (Å²) in [6.07, 6.45) is 3.74. The van der Waals surface area contributed by atoms with Crippen molar-refractivity contribution in [3.05, 3.63) is 81.8 Å². The van der Waals surface area contributed by atoms with Crippen LogP contribution in [0.15, 0.2) is 48.8 Å². The normalized spacial score (nSPS) is 14.7. The molecule has 0 spiro atoms. The molecule has 4 aromatic rings. The highest BCUT2D eigenvalue weighted by Crippen LogP contribution is 2.43. The Hall–Kier alpha value is -4.06. The van der Waals surface area contributed by atoms with Crippen molar-refractivity contribution in [1.29, 1.82) is 5.26 Å². The van der Waals surface area contributed by atoms with Gasteiger partial charge in [-0.3, -0.25) is 9.69 Å². The van der Waals surface area contributed by atoms with Gasteiger partial charge in [0.15, 0.2) is 5.82 Å². The number of aliphatic hydroxyl groups excluding tert-OH is 1. The second-order valence-corrected chi connectivity index (χ2v) is 9.61. The lowest BCUT2D eigenvalue weighted by Gasteiger charge is -2.18. The highest BCUT2D eigenvalue weighted by Gasteiger charge is 2.33. The Labute approximate surface area is 212 Å². The quantitative estimate of drug-likeness (QED) is 0.432. The Balaban J connectivity index is 1.49. The zero-order valence-corrected chi connectivity index (χ0v) is 20.2. The lowest BCUT2D eigenvalue weighted by Crippen LogP contribution is -2.24. The Morgan fingerprint density at radius 3 is 2.67 bits per heavy atom. The lowest BCUT2D eigenvalue weighted by atomic mass is 9.96. The Morgan fingerprint density at radius 2 is 1.97 bits per heavy atom. The fourth-order valence-electron chi connectivity index (χ4n) is 4.68. The van der Waals surface area contributed by atoms with Crippen molar-refractivity contribution in [3.63, 3.8) is 0 Å². The van der Waals surface area contributed by atoms with Crippen LogP contribution in [0.3, 0.4) is 0 Å². The summed E-state index contributed by atoms with van der Waals surface area (Å²) in [5.74, 6) is 1.39. The average molecular weight is 497 g/mol. The van der Waals surface area contributed by atoms with Crippen LogP contribution in [0.4, 0.5) is 5.82 Å². The molecule has 1 aliphatic heterocycles. The monoisotopic (exact) mass is 496 g/mol. The minimum absolute atomic E-state index is 0.170. The van der Waals surface area contributed by atoms with E-state index in [0.29, 0.717) is 45.8 Å². The molecule has 0 unspecified atom stereocenters. The van der Waals surface area contributed by atoms with Crippen molar-refractivity contribution in [2.24, 2.45) is 7.05 Å². The maximum absolute atomic E-state index is 13.4. The van der Waals surface area contributed by atoms with E-state index in [2.05, 4.69) is 22.3 Å². The Morgan fingerprint density at radius 1 is 1.14 bits per heavy atom. The van der Waals surface area contributed by atoms with Crippen LogP contribution in [0.5, 0.6) is 0 Å². The maximum atomic E-state index is 13.4. The molecule has 1 fully saturated rings. The zero-order chi connectivity index (χ0) is 25.0. The molecule has 8 nitrogen and oxygen atoms in total. The van der Waals surface area contributed by atoms with Gasteiger partial charge in [0.05, 0.1) is 24.8 Å². The standard InChI is InChI=1S/C27H21ClN6O2/c1-33-14-30-32-26(33)22-6-15(11-29)2-5-20(22)17-9-24(16-3-4-16)31-25(10-17)34-12-18-8-23(28)19(13-35)7-21(18)27(34)36/h2,5-10,14,16,35H,3-4,12-13H2,1H3. The summed E-state index contributed by atoms with van der Waals surface area (Å²) in [6.45, 7) is 0.117. The van der Waals surface area contributed by atoms with E-state index in [0.717, 1.165) is 40.8 Å². The molecule has 2 aliphatic rings. The number of halogens is 1. The third kappa shape index (κ3) is 3.73. The van der Waals surface area contributed by atoms with Crippen LogP contribution < -0.4 is 4.90 Å². The van der Waals surface area contributed by atoms with E-state index in [9.17, 15) is 15.2 Å². The van der Waals surface area contributed by atoms with E-state index < -0.39 is 0 Å². The van der Waals surface area contributed by atoms with E-state index >= 15 is 0 Å². The van der Waals surface area contributed by atoms with Crippen molar-refractivity contribution in [1.82, 2.24) is 19.7 Å². The molecular formula is C27H21ClN6O2. The molecule has 1 N–H and O–H groups in total. The number of nitrogens with zero attached hydrogens (tertiary/aromatic N) is 6. The van der Waals surface area contributed by atoms with Crippen molar-refractivity contribution in [3.8, 4) is 28.6 Å². The zero-order valence-electron chi connectivity index (χ0n) is 19.4. The highest BCUT2D eigenvalue weighted by molar-refractivity contribution is 6.31. The number of rotatable bonds is 5. The van der Waals surface area contributed by atoms with Crippen LogP contribution in [-0.4, -0.2) is 30.8 Å². The van der Waals surface area contributed by atoms with Gasteiger partial charge in [0.1, 0.15) is 12.1 Å². The number of aryl methyl sites for hydroxylation is 1. The van der Waals surface area contributed by atoms with Crippen molar-refractivity contribution in [2.45, 2.75) is 31.9 Å². The topological polar surface area (TPSA) is 108 Å². The van der Waals surface area contributed by atoms with Crippen LogP contribution in [0, 0.1) is 11.3 Å². The van der Waals surface area contributed by atoms with E-state index in [1.54, 1.807) is 29.4 Å². The molecular weight excluding hydrogens is 476 g/mol. The molecule has 0 bridgehead atoms. The Bertz CT molecular complexity index is 1580. The largest absolute Gasteiger partial charge is 0.392 e. The minimum atomic E-state index is -0.234. The molecule has 1 amide bonds. The van der Waals surface area contributed by atoms with Gasteiger partial charge in [-0.25, -0.2) is 4.98 Å². The van der Waals surface area contributed by atoms with Gasteiger partial charge in [0, 0.05) is 34.8 Å². The minimum Gasteiger partial charge on any atom is -0.392 e.